The molecule has 2 aromatic carbocycles. The SMILES string of the molecule is CC(C)Oc1ccc(CNC(=O)Cn2ncc3ccc(Cl)cc32)cc1. The van der Waals surface area contributed by atoms with Crippen LogP contribution in [0.4, 0.5) is 0 Å². The minimum absolute atomic E-state index is 0.104. The number of carbonyl (C=O) groups is 1. The molecule has 0 saturated heterocycles. The minimum atomic E-state index is -0.104. The Bertz CT molecular complexity index is 872. The average molecular weight is 358 g/mol. The van der Waals surface area contributed by atoms with Crippen LogP contribution in [0.5, 0.6) is 5.75 Å². The molecule has 0 radical (unpaired) electrons. The number of hydrogen-bond acceptors (Lipinski definition) is 3. The summed E-state index contributed by atoms with van der Waals surface area (Å²) in [5.41, 5.74) is 1.86. The van der Waals surface area contributed by atoms with E-state index < -0.39 is 0 Å². The molecule has 3 aromatic rings. The number of halogens is 1. The average Bonchev–Trinajstić information content (AvgIpc) is 2.96. The van der Waals surface area contributed by atoms with Gasteiger partial charge in [0.2, 0.25) is 5.91 Å². The molecular weight excluding hydrogens is 338 g/mol. The van der Waals surface area contributed by atoms with Gasteiger partial charge in [-0.25, -0.2) is 0 Å². The van der Waals surface area contributed by atoms with Gasteiger partial charge in [0.05, 0.1) is 17.8 Å². The number of benzene rings is 2. The van der Waals surface area contributed by atoms with Crippen molar-refractivity contribution in [3.8, 4) is 5.75 Å². The summed E-state index contributed by atoms with van der Waals surface area (Å²) >= 11 is 6.02. The summed E-state index contributed by atoms with van der Waals surface area (Å²) in [4.78, 5) is 12.2. The van der Waals surface area contributed by atoms with Gasteiger partial charge in [-0.3, -0.25) is 9.48 Å². The Balaban J connectivity index is 1.58. The second-order valence-corrected chi connectivity index (χ2v) is 6.53. The van der Waals surface area contributed by atoms with Crippen LogP contribution in [0, 0.1) is 0 Å². The summed E-state index contributed by atoms with van der Waals surface area (Å²) in [6.45, 7) is 4.58. The third kappa shape index (κ3) is 4.51. The highest BCUT2D eigenvalue weighted by Gasteiger charge is 2.08. The van der Waals surface area contributed by atoms with Gasteiger partial charge in [-0.1, -0.05) is 23.7 Å². The molecule has 1 aromatic heterocycles. The van der Waals surface area contributed by atoms with Crippen LogP contribution in [-0.2, 0) is 17.9 Å². The lowest BCUT2D eigenvalue weighted by Gasteiger charge is -2.10. The number of aromatic nitrogens is 2. The molecule has 0 atom stereocenters. The van der Waals surface area contributed by atoms with Gasteiger partial charge in [-0.05, 0) is 49.7 Å². The van der Waals surface area contributed by atoms with E-state index in [-0.39, 0.29) is 18.6 Å². The van der Waals surface area contributed by atoms with E-state index in [1.807, 2.05) is 56.3 Å². The lowest BCUT2D eigenvalue weighted by atomic mass is 10.2. The first-order valence-corrected chi connectivity index (χ1v) is 8.52. The van der Waals surface area contributed by atoms with Crippen molar-refractivity contribution in [2.75, 3.05) is 0 Å². The minimum Gasteiger partial charge on any atom is -0.491 e. The first kappa shape index (κ1) is 17.3. The molecule has 130 valence electrons. The zero-order chi connectivity index (χ0) is 17.8. The zero-order valence-electron chi connectivity index (χ0n) is 14.2. The molecule has 0 aliphatic carbocycles. The van der Waals surface area contributed by atoms with E-state index >= 15 is 0 Å². The summed E-state index contributed by atoms with van der Waals surface area (Å²) in [6.07, 6.45) is 1.87. The van der Waals surface area contributed by atoms with Crippen molar-refractivity contribution in [3.05, 3.63) is 59.2 Å². The van der Waals surface area contributed by atoms with Crippen LogP contribution in [0.15, 0.2) is 48.7 Å². The predicted octanol–water partition coefficient (Wildman–Crippen LogP) is 3.79. The maximum atomic E-state index is 12.2. The topological polar surface area (TPSA) is 56.1 Å². The van der Waals surface area contributed by atoms with Crippen LogP contribution >= 0.6 is 11.6 Å². The predicted molar refractivity (Wildman–Crippen MR) is 98.8 cm³/mol. The van der Waals surface area contributed by atoms with Crippen LogP contribution in [0.3, 0.4) is 0 Å². The molecule has 0 saturated carbocycles. The quantitative estimate of drug-likeness (QED) is 0.730. The van der Waals surface area contributed by atoms with Gasteiger partial charge in [0.25, 0.3) is 0 Å². The Labute approximate surface area is 151 Å². The Morgan fingerprint density at radius 2 is 2.00 bits per heavy atom. The van der Waals surface area contributed by atoms with Gasteiger partial charge in [0.1, 0.15) is 12.3 Å². The molecule has 3 rings (SSSR count). The molecule has 5 nitrogen and oxygen atoms in total. The normalized spacial score (nSPS) is 11.0. The molecule has 25 heavy (non-hydrogen) atoms. The number of fused-ring (bicyclic) bond motifs is 1. The van der Waals surface area contributed by atoms with Crippen molar-refractivity contribution in [2.45, 2.75) is 33.0 Å². The van der Waals surface area contributed by atoms with Gasteiger partial charge in [-0.15, -0.1) is 0 Å². The number of amides is 1. The molecule has 0 bridgehead atoms. The summed E-state index contributed by atoms with van der Waals surface area (Å²) < 4.78 is 7.25. The number of hydrogen-bond donors (Lipinski definition) is 1. The van der Waals surface area contributed by atoms with E-state index in [0.717, 1.165) is 22.2 Å². The largest absolute Gasteiger partial charge is 0.491 e. The van der Waals surface area contributed by atoms with Crippen molar-refractivity contribution in [3.63, 3.8) is 0 Å². The highest BCUT2D eigenvalue weighted by atomic mass is 35.5. The summed E-state index contributed by atoms with van der Waals surface area (Å²) in [5.74, 6) is 0.720. The van der Waals surface area contributed by atoms with Crippen LogP contribution in [0.2, 0.25) is 5.02 Å². The number of carbonyl (C=O) groups excluding carboxylic acids is 1. The number of rotatable bonds is 6. The Morgan fingerprint density at radius 3 is 2.72 bits per heavy atom. The monoisotopic (exact) mass is 357 g/mol. The van der Waals surface area contributed by atoms with E-state index in [4.69, 9.17) is 16.3 Å². The van der Waals surface area contributed by atoms with Crippen LogP contribution in [0.25, 0.3) is 10.9 Å². The zero-order valence-corrected chi connectivity index (χ0v) is 15.0. The Hall–Kier alpha value is -2.53. The fourth-order valence-corrected chi connectivity index (χ4v) is 2.69. The van der Waals surface area contributed by atoms with Crippen LogP contribution < -0.4 is 10.1 Å². The van der Waals surface area contributed by atoms with E-state index in [1.165, 1.54) is 0 Å². The Morgan fingerprint density at radius 1 is 1.24 bits per heavy atom. The summed E-state index contributed by atoms with van der Waals surface area (Å²) in [7, 11) is 0. The van der Waals surface area contributed by atoms with E-state index in [0.29, 0.717) is 11.6 Å². The van der Waals surface area contributed by atoms with Crippen molar-refractivity contribution >= 4 is 28.4 Å². The standard InChI is InChI=1S/C19H20ClN3O2/c1-13(2)25-17-7-3-14(4-8-17)10-21-19(24)12-23-18-9-16(20)6-5-15(18)11-22-23/h3-9,11,13H,10,12H2,1-2H3,(H,21,24). The molecule has 0 unspecified atom stereocenters. The lowest BCUT2D eigenvalue weighted by Crippen LogP contribution is -2.27. The van der Waals surface area contributed by atoms with Crippen molar-refractivity contribution < 1.29 is 9.53 Å². The molecule has 1 heterocycles. The summed E-state index contributed by atoms with van der Waals surface area (Å²) in [5, 5.41) is 8.73. The highest BCUT2D eigenvalue weighted by Crippen LogP contribution is 2.19. The van der Waals surface area contributed by atoms with Gasteiger partial charge < -0.3 is 10.1 Å². The third-order valence-electron chi connectivity index (χ3n) is 3.68. The fourth-order valence-electron chi connectivity index (χ4n) is 2.52. The maximum absolute atomic E-state index is 12.2. The molecule has 6 heteroatoms. The molecule has 1 N–H and O–H groups in total. The number of nitrogens with zero attached hydrogens (tertiary/aromatic N) is 2. The molecule has 0 aliphatic heterocycles. The Kier molecular flexibility index (Phi) is 5.24. The molecule has 1 amide bonds. The van der Waals surface area contributed by atoms with E-state index in [2.05, 4.69) is 10.4 Å². The smallest absolute Gasteiger partial charge is 0.242 e. The van der Waals surface area contributed by atoms with Gasteiger partial charge >= 0.3 is 0 Å². The van der Waals surface area contributed by atoms with Crippen molar-refractivity contribution in [2.24, 2.45) is 0 Å². The van der Waals surface area contributed by atoms with Gasteiger partial charge in [-0.2, -0.15) is 5.10 Å². The van der Waals surface area contributed by atoms with Gasteiger partial charge in [0.15, 0.2) is 0 Å². The fraction of sp³-hybridized carbons (Fsp3) is 0.263. The van der Waals surface area contributed by atoms with E-state index in [9.17, 15) is 4.79 Å². The van der Waals surface area contributed by atoms with E-state index in [1.54, 1.807) is 10.9 Å². The highest BCUT2D eigenvalue weighted by molar-refractivity contribution is 6.31. The van der Waals surface area contributed by atoms with Crippen molar-refractivity contribution in [1.29, 1.82) is 0 Å². The van der Waals surface area contributed by atoms with Crippen molar-refractivity contribution in [1.82, 2.24) is 15.1 Å². The molecule has 0 fully saturated rings. The van der Waals surface area contributed by atoms with Gasteiger partial charge in [0, 0.05) is 17.0 Å². The first-order valence-electron chi connectivity index (χ1n) is 8.14. The lowest BCUT2D eigenvalue weighted by molar-refractivity contribution is -0.121. The number of ether oxygens (including phenoxy) is 1. The van der Waals surface area contributed by atoms with Crippen LogP contribution in [-0.4, -0.2) is 21.8 Å². The maximum Gasteiger partial charge on any atom is 0.242 e. The first-order chi connectivity index (χ1) is 12.0. The number of nitrogens with one attached hydrogen (secondary N) is 1. The molecular formula is C19H20ClN3O2. The molecule has 0 aliphatic rings. The third-order valence-corrected chi connectivity index (χ3v) is 3.92. The molecule has 0 spiro atoms. The summed E-state index contributed by atoms with van der Waals surface area (Å²) in [6, 6.07) is 13.2. The second-order valence-electron chi connectivity index (χ2n) is 6.09. The second kappa shape index (κ2) is 7.57. The van der Waals surface area contributed by atoms with Crippen LogP contribution in [0.1, 0.15) is 19.4 Å².